The van der Waals surface area contributed by atoms with Gasteiger partial charge in [0.05, 0.1) is 30.8 Å². The average Bonchev–Trinajstić information content (AvgIpc) is 3.34. The fourth-order valence-electron chi connectivity index (χ4n) is 4.17. The molecule has 5 unspecified atom stereocenters. The van der Waals surface area contributed by atoms with E-state index in [1.54, 1.807) is 11.8 Å². The first kappa shape index (κ1) is 19.1. The van der Waals surface area contributed by atoms with E-state index in [4.69, 9.17) is 14.0 Å². The molecule has 0 spiro atoms. The summed E-state index contributed by atoms with van der Waals surface area (Å²) < 4.78 is 16.9. The molecule has 3 saturated heterocycles. The van der Waals surface area contributed by atoms with Crippen molar-refractivity contribution in [1.29, 1.82) is 0 Å². The quantitative estimate of drug-likeness (QED) is 0.775. The maximum atomic E-state index is 13.0. The van der Waals surface area contributed by atoms with Crippen LogP contribution in [0.3, 0.4) is 0 Å². The minimum Gasteiger partial charge on any atom is -0.376 e. The van der Waals surface area contributed by atoms with Crippen molar-refractivity contribution in [1.82, 2.24) is 25.7 Å². The third kappa shape index (κ3) is 4.12. The predicted octanol–water partition coefficient (Wildman–Crippen LogP) is 0.676. The highest BCUT2D eigenvalue weighted by Crippen LogP contribution is 2.26. The molecule has 1 aromatic rings. The summed E-state index contributed by atoms with van der Waals surface area (Å²) in [6.07, 6.45) is 2.22. The predicted molar refractivity (Wildman–Crippen MR) is 96.4 cm³/mol. The van der Waals surface area contributed by atoms with Gasteiger partial charge in [0.1, 0.15) is 0 Å². The molecule has 4 rings (SSSR count). The number of rotatable bonds is 3. The number of hydrogen-bond acceptors (Lipinski definition) is 7. The van der Waals surface area contributed by atoms with E-state index in [-0.39, 0.29) is 36.2 Å². The molecular formula is C18H27N5O5. The highest BCUT2D eigenvalue weighted by Gasteiger charge is 2.39. The van der Waals surface area contributed by atoms with Crippen molar-refractivity contribution >= 4 is 11.9 Å². The first-order valence-corrected chi connectivity index (χ1v) is 9.91. The van der Waals surface area contributed by atoms with Crippen LogP contribution in [0.2, 0.25) is 0 Å². The van der Waals surface area contributed by atoms with Gasteiger partial charge in [-0.25, -0.2) is 4.79 Å². The SMILES string of the molecule is Cc1noc(C2CN(C(=O)NC3CCC(=O)NC3C3CCCO3)CC(C)O2)n1. The van der Waals surface area contributed by atoms with Gasteiger partial charge >= 0.3 is 6.03 Å². The number of aryl methyl sites for hydroxylation is 1. The van der Waals surface area contributed by atoms with Crippen LogP contribution in [-0.4, -0.2) is 71.0 Å². The second kappa shape index (κ2) is 8.04. The monoisotopic (exact) mass is 393 g/mol. The van der Waals surface area contributed by atoms with Crippen molar-refractivity contribution in [3.63, 3.8) is 0 Å². The Hall–Kier alpha value is -2.20. The minimum absolute atomic E-state index is 0.0119. The van der Waals surface area contributed by atoms with Gasteiger partial charge in [0.15, 0.2) is 11.9 Å². The summed E-state index contributed by atoms with van der Waals surface area (Å²) >= 11 is 0. The Morgan fingerprint density at radius 2 is 2.18 bits per heavy atom. The Morgan fingerprint density at radius 1 is 1.32 bits per heavy atom. The van der Waals surface area contributed by atoms with Crippen LogP contribution in [0.15, 0.2) is 4.52 Å². The van der Waals surface area contributed by atoms with Crippen LogP contribution in [0.25, 0.3) is 0 Å². The van der Waals surface area contributed by atoms with Crippen LogP contribution in [-0.2, 0) is 14.3 Å². The van der Waals surface area contributed by atoms with E-state index in [0.29, 0.717) is 44.3 Å². The van der Waals surface area contributed by atoms with E-state index in [2.05, 4.69) is 20.8 Å². The second-order valence-corrected chi connectivity index (χ2v) is 7.76. The average molecular weight is 393 g/mol. The summed E-state index contributed by atoms with van der Waals surface area (Å²) in [5.74, 6) is 0.923. The largest absolute Gasteiger partial charge is 0.376 e. The number of ether oxygens (including phenoxy) is 2. The molecule has 3 fully saturated rings. The van der Waals surface area contributed by atoms with Crippen molar-refractivity contribution in [2.24, 2.45) is 0 Å². The molecule has 10 heteroatoms. The molecule has 10 nitrogen and oxygen atoms in total. The molecular weight excluding hydrogens is 366 g/mol. The molecule has 0 aromatic carbocycles. The van der Waals surface area contributed by atoms with Gasteiger partial charge in [-0.2, -0.15) is 4.98 Å². The van der Waals surface area contributed by atoms with Crippen molar-refractivity contribution in [3.05, 3.63) is 11.7 Å². The van der Waals surface area contributed by atoms with Crippen LogP contribution >= 0.6 is 0 Å². The zero-order valence-electron chi connectivity index (χ0n) is 16.2. The number of aromatic nitrogens is 2. The van der Waals surface area contributed by atoms with Gasteiger partial charge in [-0.1, -0.05) is 5.16 Å². The first-order valence-electron chi connectivity index (χ1n) is 9.91. The van der Waals surface area contributed by atoms with E-state index < -0.39 is 6.10 Å². The highest BCUT2D eigenvalue weighted by atomic mass is 16.5. The number of nitrogens with zero attached hydrogens (tertiary/aromatic N) is 3. The summed E-state index contributed by atoms with van der Waals surface area (Å²) in [6.45, 7) is 5.16. The number of hydrogen-bond donors (Lipinski definition) is 2. The zero-order chi connectivity index (χ0) is 19.7. The number of piperidine rings is 1. The van der Waals surface area contributed by atoms with Crippen LogP contribution in [0.5, 0.6) is 0 Å². The Balaban J connectivity index is 1.41. The molecule has 4 heterocycles. The fourth-order valence-corrected chi connectivity index (χ4v) is 4.17. The van der Waals surface area contributed by atoms with Gasteiger partial charge < -0.3 is 29.5 Å². The molecule has 1 aromatic heterocycles. The number of amides is 3. The van der Waals surface area contributed by atoms with E-state index in [0.717, 1.165) is 12.8 Å². The van der Waals surface area contributed by atoms with Gasteiger partial charge in [-0.15, -0.1) is 0 Å². The topological polar surface area (TPSA) is 119 Å². The maximum Gasteiger partial charge on any atom is 0.317 e. The molecule has 3 amide bonds. The van der Waals surface area contributed by atoms with Crippen LogP contribution in [0, 0.1) is 6.92 Å². The Morgan fingerprint density at radius 3 is 2.89 bits per heavy atom. The van der Waals surface area contributed by atoms with E-state index in [9.17, 15) is 9.59 Å². The number of carbonyl (C=O) groups excluding carboxylic acids is 2. The molecule has 0 bridgehead atoms. The molecule has 28 heavy (non-hydrogen) atoms. The molecule has 0 radical (unpaired) electrons. The van der Waals surface area contributed by atoms with E-state index in [1.807, 2.05) is 6.92 Å². The Kier molecular flexibility index (Phi) is 5.49. The summed E-state index contributed by atoms with van der Waals surface area (Å²) in [6, 6.07) is -0.531. The van der Waals surface area contributed by atoms with E-state index in [1.165, 1.54) is 0 Å². The van der Waals surface area contributed by atoms with Gasteiger partial charge in [-0.3, -0.25) is 4.79 Å². The number of nitrogens with one attached hydrogen (secondary N) is 2. The molecule has 154 valence electrons. The van der Waals surface area contributed by atoms with Crippen molar-refractivity contribution in [3.8, 4) is 0 Å². The standard InChI is InChI=1S/C18H27N5O5/c1-10-8-23(9-14(27-10)17-19-11(2)22-28-17)18(25)20-12-5-6-15(24)21-16(12)13-4-3-7-26-13/h10,12-14,16H,3-9H2,1-2H3,(H,20,25)(H,21,24). The summed E-state index contributed by atoms with van der Waals surface area (Å²) in [4.78, 5) is 30.8. The van der Waals surface area contributed by atoms with E-state index >= 15 is 0 Å². The molecule has 3 aliphatic rings. The van der Waals surface area contributed by atoms with Gasteiger partial charge in [0.25, 0.3) is 5.89 Å². The van der Waals surface area contributed by atoms with Crippen molar-refractivity contribution in [2.75, 3.05) is 19.7 Å². The van der Waals surface area contributed by atoms with Crippen molar-refractivity contribution < 1.29 is 23.6 Å². The van der Waals surface area contributed by atoms with Crippen LogP contribution in [0.1, 0.15) is 50.4 Å². The normalized spacial score (nSPS) is 33.6. The third-order valence-electron chi connectivity index (χ3n) is 5.48. The second-order valence-electron chi connectivity index (χ2n) is 7.76. The number of urea groups is 1. The molecule has 2 N–H and O–H groups in total. The van der Waals surface area contributed by atoms with Crippen LogP contribution in [0.4, 0.5) is 4.79 Å². The van der Waals surface area contributed by atoms with Gasteiger partial charge in [-0.05, 0) is 33.1 Å². The lowest BCUT2D eigenvalue weighted by atomic mass is 9.92. The summed E-state index contributed by atoms with van der Waals surface area (Å²) in [5, 5.41) is 9.91. The number of carbonyl (C=O) groups is 2. The summed E-state index contributed by atoms with van der Waals surface area (Å²) in [7, 11) is 0. The van der Waals surface area contributed by atoms with Crippen molar-refractivity contribution in [2.45, 2.75) is 69.9 Å². The minimum atomic E-state index is -0.448. The van der Waals surface area contributed by atoms with Gasteiger partial charge in [0, 0.05) is 19.6 Å². The lowest BCUT2D eigenvalue weighted by Gasteiger charge is -2.39. The molecule has 0 saturated carbocycles. The highest BCUT2D eigenvalue weighted by molar-refractivity contribution is 5.79. The fraction of sp³-hybridized carbons (Fsp3) is 0.778. The molecule has 3 aliphatic heterocycles. The maximum absolute atomic E-state index is 13.0. The number of morpholine rings is 1. The lowest BCUT2D eigenvalue weighted by Crippen LogP contribution is -2.62. The smallest absolute Gasteiger partial charge is 0.317 e. The van der Waals surface area contributed by atoms with Gasteiger partial charge in [0.2, 0.25) is 5.91 Å². The third-order valence-corrected chi connectivity index (χ3v) is 5.48. The first-order chi connectivity index (χ1) is 13.5. The summed E-state index contributed by atoms with van der Waals surface area (Å²) in [5.41, 5.74) is 0. The molecule has 5 atom stereocenters. The Labute approximate surface area is 163 Å². The lowest BCUT2D eigenvalue weighted by molar-refractivity contribution is -0.125. The Bertz CT molecular complexity index is 719. The molecule has 0 aliphatic carbocycles. The zero-order valence-corrected chi connectivity index (χ0v) is 16.2. The van der Waals surface area contributed by atoms with Crippen LogP contribution < -0.4 is 10.6 Å².